The van der Waals surface area contributed by atoms with Crippen LogP contribution in [-0.4, -0.2) is 35.0 Å². The predicted octanol–water partition coefficient (Wildman–Crippen LogP) is 2.47. The molecule has 14 heavy (non-hydrogen) atoms. The predicted molar refractivity (Wildman–Crippen MR) is 62.7 cm³/mol. The molecule has 2 saturated heterocycles. The maximum Gasteiger partial charge on any atom is 0.0339 e. The van der Waals surface area contributed by atoms with E-state index in [1.54, 1.807) is 0 Å². The van der Waals surface area contributed by atoms with Gasteiger partial charge in [0.15, 0.2) is 0 Å². The summed E-state index contributed by atoms with van der Waals surface area (Å²) in [6.07, 6.45) is 3.03. The Morgan fingerprint density at radius 1 is 1.36 bits per heavy atom. The summed E-state index contributed by atoms with van der Waals surface area (Å²) in [6, 6.07) is 0.998. The van der Waals surface area contributed by atoms with Crippen molar-refractivity contribution in [2.45, 2.75) is 38.0 Å². The molecule has 2 aliphatic heterocycles. The van der Waals surface area contributed by atoms with E-state index in [2.05, 4.69) is 30.5 Å². The monoisotopic (exact) mass is 211 g/mol. The number of hydrogen-bond donors (Lipinski definition) is 0. The van der Waals surface area contributed by atoms with Crippen molar-refractivity contribution in [2.75, 3.05) is 18.8 Å². The SMILES string of the molecule is CC(C)[C@H]1C[C@@H](CN2CC3SCC32)C1. The Morgan fingerprint density at radius 3 is 2.57 bits per heavy atom. The van der Waals surface area contributed by atoms with Crippen molar-refractivity contribution in [1.29, 1.82) is 0 Å². The first-order valence-electron chi connectivity index (χ1n) is 6.09. The zero-order chi connectivity index (χ0) is 9.71. The van der Waals surface area contributed by atoms with E-state index in [4.69, 9.17) is 0 Å². The second-order valence-electron chi connectivity index (χ2n) is 5.73. The van der Waals surface area contributed by atoms with Gasteiger partial charge in [-0.3, -0.25) is 4.90 Å². The van der Waals surface area contributed by atoms with Crippen LogP contribution in [0.5, 0.6) is 0 Å². The molecule has 0 aromatic heterocycles. The number of hydrogen-bond acceptors (Lipinski definition) is 2. The molecule has 3 fully saturated rings. The maximum absolute atomic E-state index is 2.74. The van der Waals surface area contributed by atoms with E-state index in [0.717, 1.165) is 29.0 Å². The largest absolute Gasteiger partial charge is 0.297 e. The van der Waals surface area contributed by atoms with E-state index in [1.165, 1.54) is 31.7 Å². The Kier molecular flexibility index (Phi) is 2.32. The van der Waals surface area contributed by atoms with Crippen LogP contribution in [0.1, 0.15) is 26.7 Å². The average molecular weight is 211 g/mol. The third-order valence-corrected chi connectivity index (χ3v) is 5.93. The molecule has 2 heterocycles. The second kappa shape index (κ2) is 3.41. The summed E-state index contributed by atoms with van der Waals surface area (Å²) < 4.78 is 0. The molecule has 0 aromatic carbocycles. The number of thioether (sulfide) groups is 1. The third kappa shape index (κ3) is 1.42. The quantitative estimate of drug-likeness (QED) is 0.705. The molecule has 1 nitrogen and oxygen atoms in total. The fraction of sp³-hybridized carbons (Fsp3) is 1.00. The summed E-state index contributed by atoms with van der Waals surface area (Å²) in [7, 11) is 0. The minimum Gasteiger partial charge on any atom is -0.297 e. The van der Waals surface area contributed by atoms with Gasteiger partial charge in [-0.25, -0.2) is 0 Å². The van der Waals surface area contributed by atoms with E-state index in [0.29, 0.717) is 0 Å². The van der Waals surface area contributed by atoms with Crippen molar-refractivity contribution < 1.29 is 0 Å². The van der Waals surface area contributed by atoms with E-state index in [1.807, 2.05) is 0 Å². The lowest BCUT2D eigenvalue weighted by Gasteiger charge is -2.57. The number of nitrogens with zero attached hydrogens (tertiary/aromatic N) is 1. The standard InChI is InChI=1S/C12H21NS/c1-8(2)10-3-9(4-10)5-13-6-12-11(13)7-14-12/h8-12H,3-7H2,1-2H3/t9-,10+,11?,12?. The molecule has 3 rings (SSSR count). The summed E-state index contributed by atoms with van der Waals surface area (Å²) in [4.78, 5) is 2.74. The highest BCUT2D eigenvalue weighted by atomic mass is 32.2. The molecule has 0 aromatic rings. The van der Waals surface area contributed by atoms with Crippen LogP contribution in [0, 0.1) is 17.8 Å². The van der Waals surface area contributed by atoms with Gasteiger partial charge in [0.1, 0.15) is 0 Å². The summed E-state index contributed by atoms with van der Waals surface area (Å²) in [5.41, 5.74) is 0. The van der Waals surface area contributed by atoms with E-state index < -0.39 is 0 Å². The Labute approximate surface area is 91.6 Å². The fourth-order valence-corrected chi connectivity index (χ4v) is 4.40. The van der Waals surface area contributed by atoms with Crippen LogP contribution in [0.25, 0.3) is 0 Å². The smallest absolute Gasteiger partial charge is 0.0339 e. The van der Waals surface area contributed by atoms with E-state index in [9.17, 15) is 0 Å². The molecule has 1 aliphatic carbocycles. The van der Waals surface area contributed by atoms with E-state index in [-0.39, 0.29) is 0 Å². The van der Waals surface area contributed by atoms with Crippen molar-refractivity contribution in [3.05, 3.63) is 0 Å². The molecule has 0 N–H and O–H groups in total. The van der Waals surface area contributed by atoms with Crippen molar-refractivity contribution in [1.82, 2.24) is 4.90 Å². The van der Waals surface area contributed by atoms with Crippen LogP contribution in [0.2, 0.25) is 0 Å². The first-order valence-corrected chi connectivity index (χ1v) is 7.14. The Bertz CT molecular complexity index is 222. The van der Waals surface area contributed by atoms with Gasteiger partial charge in [0.25, 0.3) is 0 Å². The molecule has 0 bridgehead atoms. The van der Waals surface area contributed by atoms with Crippen LogP contribution < -0.4 is 0 Å². The highest BCUT2D eigenvalue weighted by molar-refractivity contribution is 8.01. The van der Waals surface area contributed by atoms with Gasteiger partial charge in [-0.2, -0.15) is 11.8 Å². The summed E-state index contributed by atoms with van der Waals surface area (Å²) in [5.74, 6) is 4.45. The van der Waals surface area contributed by atoms with Crippen LogP contribution in [0.3, 0.4) is 0 Å². The van der Waals surface area contributed by atoms with Crippen LogP contribution >= 0.6 is 11.8 Å². The first kappa shape index (κ1) is 9.53. The Morgan fingerprint density at radius 2 is 2.14 bits per heavy atom. The van der Waals surface area contributed by atoms with Gasteiger partial charge in [0, 0.05) is 30.1 Å². The second-order valence-corrected chi connectivity index (χ2v) is 7.01. The van der Waals surface area contributed by atoms with Gasteiger partial charge in [0.05, 0.1) is 0 Å². The topological polar surface area (TPSA) is 3.24 Å². The lowest BCUT2D eigenvalue weighted by molar-refractivity contribution is 0.0327. The van der Waals surface area contributed by atoms with Crippen LogP contribution in [0.4, 0.5) is 0 Å². The normalized spacial score (nSPS) is 46.5. The molecule has 80 valence electrons. The van der Waals surface area contributed by atoms with Crippen LogP contribution in [-0.2, 0) is 0 Å². The van der Waals surface area contributed by atoms with Crippen molar-refractivity contribution in [2.24, 2.45) is 17.8 Å². The highest BCUT2D eigenvalue weighted by Gasteiger charge is 2.47. The van der Waals surface area contributed by atoms with Gasteiger partial charge >= 0.3 is 0 Å². The van der Waals surface area contributed by atoms with Crippen molar-refractivity contribution in [3.8, 4) is 0 Å². The molecule has 0 amide bonds. The Hall–Kier alpha value is 0.310. The number of fused-ring (bicyclic) bond motifs is 1. The minimum atomic E-state index is 0.926. The molecule has 2 unspecified atom stereocenters. The molecule has 2 atom stereocenters. The minimum absolute atomic E-state index is 0.926. The number of likely N-dealkylation sites (tertiary alicyclic amines) is 1. The lowest BCUT2D eigenvalue weighted by atomic mass is 9.69. The molecule has 3 aliphatic rings. The zero-order valence-corrected chi connectivity index (χ0v) is 10.1. The van der Waals surface area contributed by atoms with Crippen LogP contribution in [0.15, 0.2) is 0 Å². The van der Waals surface area contributed by atoms with E-state index >= 15 is 0 Å². The zero-order valence-electron chi connectivity index (χ0n) is 9.28. The van der Waals surface area contributed by atoms with Crippen molar-refractivity contribution in [3.63, 3.8) is 0 Å². The molecular formula is C12H21NS. The fourth-order valence-electron chi connectivity index (χ4n) is 3.08. The van der Waals surface area contributed by atoms with Crippen molar-refractivity contribution >= 4 is 11.8 Å². The maximum atomic E-state index is 2.74. The molecule has 0 radical (unpaired) electrons. The molecule has 2 heteroatoms. The van der Waals surface area contributed by atoms with Gasteiger partial charge < -0.3 is 0 Å². The molecular weight excluding hydrogens is 190 g/mol. The van der Waals surface area contributed by atoms with Gasteiger partial charge in [0.2, 0.25) is 0 Å². The summed E-state index contributed by atoms with van der Waals surface area (Å²) in [6.45, 7) is 7.58. The Balaban J connectivity index is 1.39. The average Bonchev–Trinajstić information content (AvgIpc) is 2.02. The van der Waals surface area contributed by atoms with Gasteiger partial charge in [-0.1, -0.05) is 13.8 Å². The molecule has 1 saturated carbocycles. The number of rotatable bonds is 3. The van der Waals surface area contributed by atoms with Gasteiger partial charge in [-0.15, -0.1) is 0 Å². The highest BCUT2D eigenvalue weighted by Crippen LogP contribution is 2.45. The third-order valence-electron chi connectivity index (χ3n) is 4.50. The van der Waals surface area contributed by atoms with Gasteiger partial charge in [-0.05, 0) is 30.6 Å². The summed E-state index contributed by atoms with van der Waals surface area (Å²) >= 11 is 2.18. The molecule has 0 spiro atoms. The first-order chi connectivity index (χ1) is 6.74. The lowest BCUT2D eigenvalue weighted by Crippen LogP contribution is -2.66. The summed E-state index contributed by atoms with van der Waals surface area (Å²) in [5, 5.41) is 1.04.